The second kappa shape index (κ2) is 5.27. The van der Waals surface area contributed by atoms with E-state index in [9.17, 15) is 0 Å². The maximum atomic E-state index is 5.49. The van der Waals surface area contributed by atoms with Crippen LogP contribution in [-0.2, 0) is 6.42 Å². The Morgan fingerprint density at radius 1 is 1.00 bits per heavy atom. The number of benzene rings is 1. The molecule has 0 aliphatic carbocycles. The van der Waals surface area contributed by atoms with Gasteiger partial charge in [0.05, 0.1) is 18.1 Å². The molecule has 1 heterocycles. The van der Waals surface area contributed by atoms with Crippen molar-refractivity contribution in [3.05, 3.63) is 42.2 Å². The fourth-order valence-corrected chi connectivity index (χ4v) is 1.49. The Labute approximate surface area is 99.9 Å². The molecule has 5 nitrogen and oxygen atoms in total. The van der Waals surface area contributed by atoms with Crippen LogP contribution < -0.4 is 16.8 Å². The zero-order valence-corrected chi connectivity index (χ0v) is 9.43. The lowest BCUT2D eigenvalue weighted by Gasteiger charge is -2.06. The number of aromatic nitrogens is 2. The first-order valence-corrected chi connectivity index (χ1v) is 5.41. The van der Waals surface area contributed by atoms with Crippen molar-refractivity contribution in [2.45, 2.75) is 6.42 Å². The highest BCUT2D eigenvalue weighted by atomic mass is 15.0. The van der Waals surface area contributed by atoms with E-state index in [1.54, 1.807) is 12.4 Å². The first-order chi connectivity index (χ1) is 8.28. The van der Waals surface area contributed by atoms with Crippen molar-refractivity contribution in [3.8, 4) is 0 Å². The first-order valence-electron chi connectivity index (χ1n) is 5.41. The highest BCUT2D eigenvalue weighted by molar-refractivity contribution is 5.58. The smallest absolute Gasteiger partial charge is 0.220 e. The van der Waals surface area contributed by atoms with Crippen molar-refractivity contribution in [1.29, 1.82) is 0 Å². The fraction of sp³-hybridized carbons (Fsp3) is 0.167. The number of anilines is 3. The van der Waals surface area contributed by atoms with Gasteiger partial charge in [0.15, 0.2) is 0 Å². The number of nitrogens with two attached hydrogens (primary N) is 2. The van der Waals surface area contributed by atoms with Crippen LogP contribution in [0.4, 0.5) is 17.3 Å². The van der Waals surface area contributed by atoms with E-state index in [1.807, 2.05) is 24.3 Å². The number of nitrogen functional groups attached to an aromatic ring is 1. The fourth-order valence-electron chi connectivity index (χ4n) is 1.49. The van der Waals surface area contributed by atoms with Crippen molar-refractivity contribution in [1.82, 2.24) is 9.97 Å². The van der Waals surface area contributed by atoms with Crippen molar-refractivity contribution < 1.29 is 0 Å². The van der Waals surface area contributed by atoms with Crippen LogP contribution in [0, 0.1) is 0 Å². The van der Waals surface area contributed by atoms with E-state index >= 15 is 0 Å². The first kappa shape index (κ1) is 11.3. The quantitative estimate of drug-likeness (QED) is 0.735. The summed E-state index contributed by atoms with van der Waals surface area (Å²) < 4.78 is 0. The van der Waals surface area contributed by atoms with Gasteiger partial charge in [0.25, 0.3) is 0 Å². The van der Waals surface area contributed by atoms with Crippen LogP contribution >= 0.6 is 0 Å². The second-order valence-corrected chi connectivity index (χ2v) is 3.69. The summed E-state index contributed by atoms with van der Waals surface area (Å²) in [5.41, 5.74) is 13.9. The summed E-state index contributed by atoms with van der Waals surface area (Å²) >= 11 is 0. The molecule has 0 spiro atoms. The van der Waals surface area contributed by atoms with Gasteiger partial charge in [-0.25, -0.2) is 9.97 Å². The molecule has 1 aromatic carbocycles. The van der Waals surface area contributed by atoms with E-state index in [0.29, 0.717) is 6.54 Å². The van der Waals surface area contributed by atoms with E-state index < -0.39 is 0 Å². The van der Waals surface area contributed by atoms with Crippen LogP contribution in [0.1, 0.15) is 5.56 Å². The predicted molar refractivity (Wildman–Crippen MR) is 68.9 cm³/mol. The lowest BCUT2D eigenvalue weighted by Crippen LogP contribution is -2.02. The molecular weight excluding hydrogens is 214 g/mol. The Bertz CT molecular complexity index is 463. The predicted octanol–water partition coefficient (Wildman–Crippen LogP) is 1.30. The van der Waals surface area contributed by atoms with Gasteiger partial charge in [-0.1, -0.05) is 12.1 Å². The largest absolute Gasteiger partial charge is 0.368 e. The third-order valence-electron chi connectivity index (χ3n) is 2.35. The van der Waals surface area contributed by atoms with E-state index in [2.05, 4.69) is 15.3 Å². The summed E-state index contributed by atoms with van der Waals surface area (Å²) in [6, 6.07) is 8.10. The van der Waals surface area contributed by atoms with Gasteiger partial charge in [0, 0.05) is 5.69 Å². The van der Waals surface area contributed by atoms with Crippen LogP contribution in [0.25, 0.3) is 0 Å². The molecule has 0 saturated heterocycles. The summed E-state index contributed by atoms with van der Waals surface area (Å²) in [5.74, 6) is 0.272. The summed E-state index contributed by atoms with van der Waals surface area (Å²) in [6.07, 6.45) is 4.19. The molecule has 5 N–H and O–H groups in total. The molecule has 0 aliphatic heterocycles. The minimum Gasteiger partial charge on any atom is -0.368 e. The van der Waals surface area contributed by atoms with E-state index in [1.165, 1.54) is 5.56 Å². The SMILES string of the molecule is NCCc1ccc(Nc2cnc(N)nc2)cc1. The molecule has 0 aliphatic rings. The number of hydrogen-bond donors (Lipinski definition) is 3. The van der Waals surface area contributed by atoms with Crippen LogP contribution in [0.15, 0.2) is 36.7 Å². The van der Waals surface area contributed by atoms with Crippen LogP contribution in [0.2, 0.25) is 0 Å². The van der Waals surface area contributed by atoms with Gasteiger partial charge < -0.3 is 16.8 Å². The molecule has 0 saturated carbocycles. The Kier molecular flexibility index (Phi) is 3.52. The lowest BCUT2D eigenvalue weighted by molar-refractivity contribution is 0.969. The summed E-state index contributed by atoms with van der Waals surface area (Å²) in [6.45, 7) is 0.665. The molecule has 88 valence electrons. The number of nitrogens with zero attached hydrogens (tertiary/aromatic N) is 2. The van der Waals surface area contributed by atoms with Crippen LogP contribution in [0.3, 0.4) is 0 Å². The van der Waals surface area contributed by atoms with Crippen LogP contribution in [-0.4, -0.2) is 16.5 Å². The van der Waals surface area contributed by atoms with E-state index in [0.717, 1.165) is 17.8 Å². The summed E-state index contributed by atoms with van der Waals surface area (Å²) in [5, 5.41) is 3.19. The molecule has 0 radical (unpaired) electrons. The summed E-state index contributed by atoms with van der Waals surface area (Å²) in [4.78, 5) is 7.82. The highest BCUT2D eigenvalue weighted by Gasteiger charge is 1.96. The van der Waals surface area contributed by atoms with E-state index in [4.69, 9.17) is 11.5 Å². The third kappa shape index (κ3) is 3.15. The zero-order chi connectivity index (χ0) is 12.1. The minimum atomic E-state index is 0.272. The molecular formula is C12H15N5. The molecule has 2 rings (SSSR count). The van der Waals surface area contributed by atoms with Crippen molar-refractivity contribution in [2.75, 3.05) is 17.6 Å². The molecule has 2 aromatic rings. The minimum absolute atomic E-state index is 0.272. The van der Waals surface area contributed by atoms with E-state index in [-0.39, 0.29) is 5.95 Å². The maximum absolute atomic E-state index is 5.49. The molecule has 1 aromatic heterocycles. The van der Waals surface area contributed by atoms with Gasteiger partial charge in [-0.05, 0) is 30.7 Å². The Hall–Kier alpha value is -2.14. The number of rotatable bonds is 4. The van der Waals surface area contributed by atoms with Crippen LogP contribution in [0.5, 0.6) is 0 Å². The molecule has 0 atom stereocenters. The molecule has 0 unspecified atom stereocenters. The summed E-state index contributed by atoms with van der Waals surface area (Å²) in [7, 11) is 0. The lowest BCUT2D eigenvalue weighted by atomic mass is 10.1. The normalized spacial score (nSPS) is 10.2. The standard InChI is InChI=1S/C12H15N5/c13-6-5-9-1-3-10(4-2-9)17-11-7-15-12(14)16-8-11/h1-4,7-8,17H,5-6,13H2,(H2,14,15,16). The molecule has 5 heteroatoms. The van der Waals surface area contributed by atoms with Crippen molar-refractivity contribution >= 4 is 17.3 Å². The Morgan fingerprint density at radius 2 is 1.65 bits per heavy atom. The molecule has 0 amide bonds. The van der Waals surface area contributed by atoms with Gasteiger partial charge in [-0.3, -0.25) is 0 Å². The average molecular weight is 229 g/mol. The zero-order valence-electron chi connectivity index (χ0n) is 9.43. The Balaban J connectivity index is 2.05. The van der Waals surface area contributed by atoms with Gasteiger partial charge >= 0.3 is 0 Å². The van der Waals surface area contributed by atoms with Gasteiger partial charge in [-0.15, -0.1) is 0 Å². The molecule has 0 bridgehead atoms. The van der Waals surface area contributed by atoms with Gasteiger partial charge in [-0.2, -0.15) is 0 Å². The maximum Gasteiger partial charge on any atom is 0.220 e. The molecule has 17 heavy (non-hydrogen) atoms. The second-order valence-electron chi connectivity index (χ2n) is 3.69. The average Bonchev–Trinajstić information content (AvgIpc) is 2.35. The monoisotopic (exact) mass is 229 g/mol. The third-order valence-corrected chi connectivity index (χ3v) is 2.35. The number of hydrogen-bond acceptors (Lipinski definition) is 5. The Morgan fingerprint density at radius 3 is 2.24 bits per heavy atom. The van der Waals surface area contributed by atoms with Gasteiger partial charge in [0.1, 0.15) is 0 Å². The van der Waals surface area contributed by atoms with Crippen molar-refractivity contribution in [2.24, 2.45) is 5.73 Å². The number of nitrogens with one attached hydrogen (secondary N) is 1. The van der Waals surface area contributed by atoms with Crippen molar-refractivity contribution in [3.63, 3.8) is 0 Å². The highest BCUT2D eigenvalue weighted by Crippen LogP contribution is 2.15. The molecule has 0 fully saturated rings. The van der Waals surface area contributed by atoms with Gasteiger partial charge in [0.2, 0.25) is 5.95 Å². The topological polar surface area (TPSA) is 89.8 Å².